The Labute approximate surface area is 121 Å². The van der Waals surface area contributed by atoms with Crippen LogP contribution in [0.4, 0.5) is 0 Å². The molecule has 2 rings (SSSR count). The summed E-state index contributed by atoms with van der Waals surface area (Å²) < 4.78 is 6.07. The van der Waals surface area contributed by atoms with Crippen molar-refractivity contribution in [2.24, 2.45) is 0 Å². The van der Waals surface area contributed by atoms with E-state index in [9.17, 15) is 0 Å². The van der Waals surface area contributed by atoms with Crippen molar-refractivity contribution in [1.82, 2.24) is 10.3 Å². The molecule has 0 fully saturated rings. The quantitative estimate of drug-likeness (QED) is 0.901. The summed E-state index contributed by atoms with van der Waals surface area (Å²) in [7, 11) is 0. The molecule has 3 nitrogen and oxygen atoms in total. The molecule has 20 heavy (non-hydrogen) atoms. The van der Waals surface area contributed by atoms with Crippen LogP contribution >= 0.6 is 0 Å². The van der Waals surface area contributed by atoms with E-state index in [-0.39, 0.29) is 11.6 Å². The number of benzene rings is 1. The van der Waals surface area contributed by atoms with Crippen LogP contribution in [0.15, 0.2) is 54.9 Å². The van der Waals surface area contributed by atoms with Gasteiger partial charge in [-0.25, -0.2) is 0 Å². The van der Waals surface area contributed by atoms with E-state index >= 15 is 0 Å². The fraction of sp³-hybridized carbons (Fsp3) is 0.353. The smallest absolute Gasteiger partial charge is 0.138 e. The van der Waals surface area contributed by atoms with E-state index in [0.717, 1.165) is 17.9 Å². The van der Waals surface area contributed by atoms with Crippen molar-refractivity contribution in [1.29, 1.82) is 0 Å². The molecule has 1 atom stereocenters. The normalized spacial score (nSPS) is 12.9. The lowest BCUT2D eigenvalue weighted by Gasteiger charge is -2.26. The Hall–Kier alpha value is -1.87. The molecule has 1 N–H and O–H groups in total. The van der Waals surface area contributed by atoms with Crippen LogP contribution in [-0.4, -0.2) is 17.1 Å². The van der Waals surface area contributed by atoms with Crippen LogP contribution in [0, 0.1) is 0 Å². The minimum atomic E-state index is -0.0281. The highest BCUT2D eigenvalue weighted by atomic mass is 16.5. The number of ether oxygens (including phenoxy) is 1. The molecule has 2 aromatic rings. The van der Waals surface area contributed by atoms with Crippen molar-refractivity contribution in [3.63, 3.8) is 0 Å². The largest absolute Gasteiger partial charge is 0.483 e. The Balaban J connectivity index is 2.12. The maximum absolute atomic E-state index is 6.07. The SMILES string of the molecule is CC(C)(C)NCC(Oc1cccnc1)c1ccccc1. The van der Waals surface area contributed by atoms with Crippen LogP contribution in [0.1, 0.15) is 32.4 Å². The molecule has 0 bridgehead atoms. The average Bonchev–Trinajstić information content (AvgIpc) is 2.44. The van der Waals surface area contributed by atoms with Crippen LogP contribution in [-0.2, 0) is 0 Å². The number of hydrogen-bond acceptors (Lipinski definition) is 3. The molecule has 0 spiro atoms. The van der Waals surface area contributed by atoms with Crippen LogP contribution in [0.5, 0.6) is 5.75 Å². The number of hydrogen-bond donors (Lipinski definition) is 1. The summed E-state index contributed by atoms with van der Waals surface area (Å²) in [6, 6.07) is 14.1. The molecule has 0 aliphatic heterocycles. The molecule has 0 amide bonds. The van der Waals surface area contributed by atoms with E-state index in [4.69, 9.17) is 4.74 Å². The van der Waals surface area contributed by atoms with Gasteiger partial charge >= 0.3 is 0 Å². The van der Waals surface area contributed by atoms with Gasteiger partial charge in [0.2, 0.25) is 0 Å². The number of nitrogens with zero attached hydrogens (tertiary/aromatic N) is 1. The molecule has 0 radical (unpaired) electrons. The Bertz CT molecular complexity index is 506. The molecule has 0 aliphatic rings. The van der Waals surface area contributed by atoms with E-state index in [1.165, 1.54) is 0 Å². The minimum absolute atomic E-state index is 0.0281. The van der Waals surface area contributed by atoms with E-state index in [2.05, 4.69) is 43.2 Å². The van der Waals surface area contributed by atoms with E-state index in [0.29, 0.717) is 0 Å². The predicted molar refractivity (Wildman–Crippen MR) is 81.8 cm³/mol. The molecular weight excluding hydrogens is 248 g/mol. The van der Waals surface area contributed by atoms with Gasteiger partial charge in [0.05, 0.1) is 6.20 Å². The second-order valence-electron chi connectivity index (χ2n) is 5.84. The lowest BCUT2D eigenvalue weighted by Crippen LogP contribution is -2.39. The van der Waals surface area contributed by atoms with Gasteiger partial charge in [0.15, 0.2) is 0 Å². The highest BCUT2D eigenvalue weighted by Gasteiger charge is 2.17. The third-order valence-corrected chi connectivity index (χ3v) is 2.90. The number of rotatable bonds is 5. The van der Waals surface area contributed by atoms with Gasteiger partial charge in [-0.2, -0.15) is 0 Å². The molecule has 0 saturated carbocycles. The van der Waals surface area contributed by atoms with Crippen molar-refractivity contribution in [3.05, 3.63) is 60.4 Å². The molecule has 106 valence electrons. The lowest BCUT2D eigenvalue weighted by atomic mass is 10.1. The van der Waals surface area contributed by atoms with Crippen molar-refractivity contribution in [2.45, 2.75) is 32.4 Å². The summed E-state index contributed by atoms with van der Waals surface area (Å²) in [5.74, 6) is 0.789. The first kappa shape index (κ1) is 14.5. The Morgan fingerprint density at radius 3 is 2.45 bits per heavy atom. The standard InChI is InChI=1S/C17H22N2O/c1-17(2,3)19-13-16(14-8-5-4-6-9-14)20-15-10-7-11-18-12-15/h4-12,16,19H,13H2,1-3H3. The van der Waals surface area contributed by atoms with Crippen LogP contribution < -0.4 is 10.1 Å². The first-order chi connectivity index (χ1) is 9.54. The maximum Gasteiger partial charge on any atom is 0.138 e. The van der Waals surface area contributed by atoms with Crippen LogP contribution in [0.25, 0.3) is 0 Å². The van der Waals surface area contributed by atoms with Crippen molar-refractivity contribution < 1.29 is 4.74 Å². The average molecular weight is 270 g/mol. The summed E-state index contributed by atoms with van der Waals surface area (Å²) in [5.41, 5.74) is 1.22. The number of aromatic nitrogens is 1. The number of pyridine rings is 1. The van der Waals surface area contributed by atoms with Crippen molar-refractivity contribution in [2.75, 3.05) is 6.54 Å². The highest BCUT2D eigenvalue weighted by Crippen LogP contribution is 2.21. The highest BCUT2D eigenvalue weighted by molar-refractivity contribution is 5.22. The third kappa shape index (κ3) is 4.67. The first-order valence-electron chi connectivity index (χ1n) is 6.91. The zero-order valence-corrected chi connectivity index (χ0v) is 12.3. The summed E-state index contributed by atoms with van der Waals surface area (Å²) in [6.45, 7) is 7.21. The minimum Gasteiger partial charge on any atom is -0.483 e. The maximum atomic E-state index is 6.07. The molecule has 1 aromatic heterocycles. The number of nitrogens with one attached hydrogen (secondary N) is 1. The molecule has 0 aliphatic carbocycles. The fourth-order valence-electron chi connectivity index (χ4n) is 1.88. The monoisotopic (exact) mass is 270 g/mol. The van der Waals surface area contributed by atoms with Gasteiger partial charge < -0.3 is 10.1 Å². The second kappa shape index (κ2) is 6.53. The zero-order chi connectivity index (χ0) is 14.4. The van der Waals surface area contributed by atoms with Gasteiger partial charge in [-0.3, -0.25) is 4.98 Å². The molecule has 1 aromatic carbocycles. The van der Waals surface area contributed by atoms with Crippen molar-refractivity contribution in [3.8, 4) is 5.75 Å². The van der Waals surface area contributed by atoms with Gasteiger partial charge in [0, 0.05) is 18.3 Å². The summed E-state index contributed by atoms with van der Waals surface area (Å²) in [6.07, 6.45) is 3.46. The first-order valence-corrected chi connectivity index (χ1v) is 6.91. The second-order valence-corrected chi connectivity index (χ2v) is 5.84. The van der Waals surface area contributed by atoms with Gasteiger partial charge in [0.1, 0.15) is 11.9 Å². The molecule has 1 unspecified atom stereocenters. The van der Waals surface area contributed by atoms with Gasteiger partial charge in [-0.05, 0) is 38.5 Å². The van der Waals surface area contributed by atoms with Gasteiger partial charge in [-0.1, -0.05) is 30.3 Å². The topological polar surface area (TPSA) is 34.1 Å². The van der Waals surface area contributed by atoms with Gasteiger partial charge in [-0.15, -0.1) is 0 Å². The van der Waals surface area contributed by atoms with Crippen LogP contribution in [0.3, 0.4) is 0 Å². The van der Waals surface area contributed by atoms with Crippen LogP contribution in [0.2, 0.25) is 0 Å². The predicted octanol–water partition coefficient (Wildman–Crippen LogP) is 3.59. The van der Waals surface area contributed by atoms with E-state index < -0.39 is 0 Å². The third-order valence-electron chi connectivity index (χ3n) is 2.90. The van der Waals surface area contributed by atoms with Gasteiger partial charge in [0.25, 0.3) is 0 Å². The zero-order valence-electron chi connectivity index (χ0n) is 12.3. The Morgan fingerprint density at radius 2 is 1.85 bits per heavy atom. The molecule has 1 heterocycles. The molecule has 0 saturated heterocycles. The summed E-state index contributed by atoms with van der Waals surface area (Å²) in [5, 5.41) is 3.50. The molecule has 3 heteroatoms. The fourth-order valence-corrected chi connectivity index (χ4v) is 1.88. The molecular formula is C17H22N2O. The Morgan fingerprint density at radius 1 is 1.10 bits per heavy atom. The summed E-state index contributed by atoms with van der Waals surface area (Å²) in [4.78, 5) is 4.09. The summed E-state index contributed by atoms with van der Waals surface area (Å²) >= 11 is 0. The van der Waals surface area contributed by atoms with Crippen molar-refractivity contribution >= 4 is 0 Å². The van der Waals surface area contributed by atoms with E-state index in [1.807, 2.05) is 30.3 Å². The lowest BCUT2D eigenvalue weighted by molar-refractivity contribution is 0.188. The Kier molecular flexibility index (Phi) is 4.74. The van der Waals surface area contributed by atoms with E-state index in [1.54, 1.807) is 12.4 Å².